The fourth-order valence-corrected chi connectivity index (χ4v) is 1.81. The Morgan fingerprint density at radius 2 is 1.61 bits per heavy atom. The summed E-state index contributed by atoms with van der Waals surface area (Å²) in [5.41, 5.74) is -1.46. The molecule has 0 bridgehead atoms. The third kappa shape index (κ3) is 4.41. The zero-order chi connectivity index (χ0) is 17.0. The van der Waals surface area contributed by atoms with E-state index in [2.05, 4.69) is 10.6 Å². The van der Waals surface area contributed by atoms with Crippen LogP contribution >= 0.6 is 0 Å². The number of rotatable bonds is 4. The summed E-state index contributed by atoms with van der Waals surface area (Å²) in [5.74, 6) is -2.50. The van der Waals surface area contributed by atoms with Crippen LogP contribution in [0.2, 0.25) is 0 Å². The Hall–Kier alpha value is -2.64. The molecule has 0 heterocycles. The number of benzene rings is 2. The number of anilines is 2. The van der Waals surface area contributed by atoms with Crippen LogP contribution in [0.4, 0.5) is 33.3 Å². The fraction of sp³-hybridized carbons (Fsp3) is 0.133. The largest absolute Gasteiger partial charge is 0.416 e. The van der Waals surface area contributed by atoms with Gasteiger partial charge >= 0.3 is 6.18 Å². The first kappa shape index (κ1) is 16.7. The predicted molar refractivity (Wildman–Crippen MR) is 74.9 cm³/mol. The first-order chi connectivity index (χ1) is 10.8. The van der Waals surface area contributed by atoms with E-state index in [1.165, 1.54) is 12.1 Å². The summed E-state index contributed by atoms with van der Waals surface area (Å²) in [6.45, 7) is -0.506. The van der Waals surface area contributed by atoms with Crippen LogP contribution in [0.15, 0.2) is 42.5 Å². The molecule has 0 saturated carbocycles. The summed E-state index contributed by atoms with van der Waals surface area (Å²) in [7, 11) is 0. The van der Waals surface area contributed by atoms with Crippen LogP contribution in [-0.2, 0) is 11.0 Å². The molecule has 1 amide bonds. The van der Waals surface area contributed by atoms with Gasteiger partial charge in [-0.15, -0.1) is 0 Å². The molecule has 0 aliphatic carbocycles. The zero-order valence-electron chi connectivity index (χ0n) is 11.5. The van der Waals surface area contributed by atoms with E-state index in [-0.39, 0.29) is 5.69 Å². The number of carbonyl (C=O) groups is 1. The topological polar surface area (TPSA) is 41.1 Å². The summed E-state index contributed by atoms with van der Waals surface area (Å²) < 4.78 is 64.4. The molecule has 2 N–H and O–H groups in total. The summed E-state index contributed by atoms with van der Waals surface area (Å²) in [4.78, 5) is 11.7. The number of para-hydroxylation sites is 1. The maximum atomic E-state index is 13.4. The normalized spacial score (nSPS) is 11.2. The smallest absolute Gasteiger partial charge is 0.371 e. The van der Waals surface area contributed by atoms with E-state index >= 15 is 0 Å². The Balaban J connectivity index is 2.00. The van der Waals surface area contributed by atoms with E-state index < -0.39 is 41.5 Å². The second kappa shape index (κ2) is 6.64. The average Bonchev–Trinajstić information content (AvgIpc) is 2.46. The van der Waals surface area contributed by atoms with E-state index in [0.717, 1.165) is 30.3 Å². The third-order valence-corrected chi connectivity index (χ3v) is 2.86. The molecule has 0 fully saturated rings. The van der Waals surface area contributed by atoms with Gasteiger partial charge in [-0.25, -0.2) is 8.78 Å². The van der Waals surface area contributed by atoms with E-state index in [4.69, 9.17) is 0 Å². The number of nitrogens with one attached hydrogen (secondary N) is 2. The molecule has 0 spiro atoms. The second-order valence-corrected chi connectivity index (χ2v) is 4.58. The zero-order valence-corrected chi connectivity index (χ0v) is 11.5. The first-order valence-corrected chi connectivity index (χ1v) is 6.42. The van der Waals surface area contributed by atoms with Gasteiger partial charge in [0.2, 0.25) is 5.91 Å². The molecule has 23 heavy (non-hydrogen) atoms. The van der Waals surface area contributed by atoms with Gasteiger partial charge in [-0.2, -0.15) is 13.2 Å². The summed E-state index contributed by atoms with van der Waals surface area (Å²) in [5, 5.41) is 4.48. The molecule has 2 aromatic rings. The minimum absolute atomic E-state index is 0.0689. The molecule has 2 aromatic carbocycles. The van der Waals surface area contributed by atoms with Crippen LogP contribution in [0.25, 0.3) is 0 Å². The highest BCUT2D eigenvalue weighted by molar-refractivity contribution is 5.93. The van der Waals surface area contributed by atoms with Crippen molar-refractivity contribution in [3.63, 3.8) is 0 Å². The number of alkyl halides is 3. The van der Waals surface area contributed by atoms with Crippen LogP contribution in [-0.4, -0.2) is 12.5 Å². The molecule has 0 atom stereocenters. The van der Waals surface area contributed by atoms with Crippen molar-refractivity contribution in [3.8, 4) is 0 Å². The van der Waals surface area contributed by atoms with Crippen molar-refractivity contribution in [2.75, 3.05) is 17.2 Å². The van der Waals surface area contributed by atoms with Crippen molar-refractivity contribution in [2.24, 2.45) is 0 Å². The second-order valence-electron chi connectivity index (χ2n) is 4.58. The van der Waals surface area contributed by atoms with Gasteiger partial charge in [0.1, 0.15) is 17.3 Å². The molecule has 3 nitrogen and oxygen atoms in total. The van der Waals surface area contributed by atoms with Gasteiger partial charge < -0.3 is 10.6 Å². The Morgan fingerprint density at radius 3 is 2.22 bits per heavy atom. The van der Waals surface area contributed by atoms with Crippen molar-refractivity contribution in [2.45, 2.75) is 6.18 Å². The highest BCUT2D eigenvalue weighted by atomic mass is 19.4. The van der Waals surface area contributed by atoms with E-state index in [1.54, 1.807) is 0 Å². The predicted octanol–water partition coefficient (Wildman–Crippen LogP) is 4.03. The van der Waals surface area contributed by atoms with E-state index in [0.29, 0.717) is 0 Å². The molecular formula is C15H11F5N2O. The number of hydrogen-bond donors (Lipinski definition) is 2. The van der Waals surface area contributed by atoms with Crippen LogP contribution in [0.3, 0.4) is 0 Å². The summed E-state index contributed by atoms with van der Waals surface area (Å²) in [6, 6.07) is 7.23. The Bertz CT molecular complexity index is 695. The molecule has 0 unspecified atom stereocenters. The van der Waals surface area contributed by atoms with Gasteiger partial charge in [0.05, 0.1) is 12.1 Å². The lowest BCUT2D eigenvalue weighted by Gasteiger charge is -2.11. The van der Waals surface area contributed by atoms with Crippen LogP contribution in [0, 0.1) is 11.6 Å². The van der Waals surface area contributed by atoms with Gasteiger partial charge in [-0.1, -0.05) is 12.1 Å². The summed E-state index contributed by atoms with van der Waals surface area (Å²) in [6.07, 6.45) is -4.53. The lowest BCUT2D eigenvalue weighted by atomic mass is 10.2. The highest BCUT2D eigenvalue weighted by Crippen LogP contribution is 2.30. The van der Waals surface area contributed by atoms with Crippen LogP contribution in [0.5, 0.6) is 0 Å². The SMILES string of the molecule is O=C(CNc1c(F)cccc1F)Nc1cccc(C(F)(F)F)c1. The first-order valence-electron chi connectivity index (χ1n) is 6.42. The molecule has 0 radical (unpaired) electrons. The Morgan fingerprint density at radius 1 is 1.00 bits per heavy atom. The van der Waals surface area contributed by atoms with Crippen molar-refractivity contribution in [1.82, 2.24) is 0 Å². The average molecular weight is 330 g/mol. The molecular weight excluding hydrogens is 319 g/mol. The van der Waals surface area contributed by atoms with Gasteiger partial charge in [0.15, 0.2) is 0 Å². The van der Waals surface area contributed by atoms with Crippen molar-refractivity contribution in [3.05, 3.63) is 59.7 Å². The molecule has 0 saturated heterocycles. The molecule has 122 valence electrons. The van der Waals surface area contributed by atoms with E-state index in [9.17, 15) is 26.7 Å². The van der Waals surface area contributed by atoms with Crippen molar-refractivity contribution in [1.29, 1.82) is 0 Å². The summed E-state index contributed by atoms with van der Waals surface area (Å²) >= 11 is 0. The molecule has 0 aliphatic heterocycles. The molecule has 0 aromatic heterocycles. The van der Waals surface area contributed by atoms with Crippen molar-refractivity contribution >= 4 is 17.3 Å². The quantitative estimate of drug-likeness (QED) is 0.831. The third-order valence-electron chi connectivity index (χ3n) is 2.86. The number of carbonyl (C=O) groups excluding carboxylic acids is 1. The number of amides is 1. The Kier molecular flexibility index (Phi) is 4.83. The molecule has 8 heteroatoms. The van der Waals surface area contributed by atoms with Gasteiger partial charge in [0, 0.05) is 5.69 Å². The number of halogens is 5. The lowest BCUT2D eigenvalue weighted by Crippen LogP contribution is -2.22. The van der Waals surface area contributed by atoms with Gasteiger partial charge in [-0.3, -0.25) is 4.79 Å². The molecule has 0 aliphatic rings. The fourth-order valence-electron chi connectivity index (χ4n) is 1.81. The maximum Gasteiger partial charge on any atom is 0.416 e. The highest BCUT2D eigenvalue weighted by Gasteiger charge is 2.30. The van der Waals surface area contributed by atoms with E-state index in [1.807, 2.05) is 0 Å². The standard InChI is InChI=1S/C15H11F5N2O/c16-11-5-2-6-12(17)14(11)21-8-13(23)22-10-4-1-3-9(7-10)15(18,19)20/h1-7,21H,8H2,(H,22,23). The maximum absolute atomic E-state index is 13.4. The van der Waals surface area contributed by atoms with Crippen LogP contribution in [0.1, 0.15) is 5.56 Å². The number of hydrogen-bond acceptors (Lipinski definition) is 2. The Labute approximate surface area is 128 Å². The van der Waals surface area contributed by atoms with Crippen LogP contribution < -0.4 is 10.6 Å². The van der Waals surface area contributed by atoms with Gasteiger partial charge in [-0.05, 0) is 30.3 Å². The minimum Gasteiger partial charge on any atom is -0.371 e. The minimum atomic E-state index is -4.53. The molecule has 2 rings (SSSR count). The monoisotopic (exact) mass is 330 g/mol. The lowest BCUT2D eigenvalue weighted by molar-refractivity contribution is -0.137. The van der Waals surface area contributed by atoms with Gasteiger partial charge in [0.25, 0.3) is 0 Å². The van der Waals surface area contributed by atoms with Crippen molar-refractivity contribution < 1.29 is 26.7 Å².